The standard InChI is InChI=1S/C25H33N3O3/c1-30-25(29)23(19-8-3-2-4-9-19)28-16-14-22(18-28)31-17-6-5-11-21-13-12-20-10-7-15-26-24(20)27-21/h2-4,8-9,12-13,22-23H,5-7,10-11,14-18H2,1H3,(H,26,27)/t22-,23?/m1/s1. The van der Waals surface area contributed by atoms with Gasteiger partial charge in [-0.15, -0.1) is 0 Å². The van der Waals surface area contributed by atoms with E-state index in [9.17, 15) is 4.79 Å². The molecule has 0 amide bonds. The van der Waals surface area contributed by atoms with Crippen molar-refractivity contribution in [2.45, 2.75) is 50.7 Å². The summed E-state index contributed by atoms with van der Waals surface area (Å²) in [5, 5.41) is 3.41. The van der Waals surface area contributed by atoms with E-state index in [4.69, 9.17) is 14.5 Å². The summed E-state index contributed by atoms with van der Waals surface area (Å²) in [7, 11) is 1.45. The number of hydrogen-bond acceptors (Lipinski definition) is 6. The Kier molecular flexibility index (Phi) is 7.54. The molecule has 2 aliphatic heterocycles. The Balaban J connectivity index is 1.20. The van der Waals surface area contributed by atoms with Crippen molar-refractivity contribution >= 4 is 11.8 Å². The molecule has 2 aliphatic rings. The molecule has 0 bridgehead atoms. The number of fused-ring (bicyclic) bond motifs is 1. The van der Waals surface area contributed by atoms with Crippen LogP contribution in [0.1, 0.15) is 48.5 Å². The zero-order chi connectivity index (χ0) is 21.5. The molecule has 1 aromatic carbocycles. The first-order valence-corrected chi connectivity index (χ1v) is 11.5. The smallest absolute Gasteiger partial charge is 0.327 e. The molecule has 6 heteroatoms. The zero-order valence-corrected chi connectivity index (χ0v) is 18.4. The number of ether oxygens (including phenoxy) is 2. The Hall–Kier alpha value is -2.44. The van der Waals surface area contributed by atoms with Crippen LogP contribution in [-0.4, -0.2) is 55.3 Å². The van der Waals surface area contributed by atoms with Gasteiger partial charge in [0.2, 0.25) is 0 Å². The molecule has 166 valence electrons. The summed E-state index contributed by atoms with van der Waals surface area (Å²) in [5.41, 5.74) is 3.47. The summed E-state index contributed by atoms with van der Waals surface area (Å²) >= 11 is 0. The van der Waals surface area contributed by atoms with E-state index in [0.717, 1.165) is 75.4 Å². The molecule has 0 spiro atoms. The van der Waals surface area contributed by atoms with E-state index in [1.165, 1.54) is 19.1 Å². The van der Waals surface area contributed by atoms with Crippen molar-refractivity contribution in [3.05, 3.63) is 59.3 Å². The SMILES string of the molecule is COC(=O)C(c1ccccc1)N1CC[C@@H](OCCCCc2ccc3c(n2)NCCC3)C1. The van der Waals surface area contributed by atoms with Crippen LogP contribution in [0.25, 0.3) is 0 Å². The first-order chi connectivity index (χ1) is 15.2. The van der Waals surface area contributed by atoms with Crippen LogP contribution in [0.2, 0.25) is 0 Å². The molecule has 1 aromatic heterocycles. The molecule has 0 aliphatic carbocycles. The number of hydrogen-bond donors (Lipinski definition) is 1. The van der Waals surface area contributed by atoms with Crippen molar-refractivity contribution in [3.63, 3.8) is 0 Å². The highest BCUT2D eigenvalue weighted by Gasteiger charge is 2.34. The van der Waals surface area contributed by atoms with Gasteiger partial charge in [-0.1, -0.05) is 36.4 Å². The third kappa shape index (κ3) is 5.63. The van der Waals surface area contributed by atoms with E-state index in [1.807, 2.05) is 30.3 Å². The van der Waals surface area contributed by atoms with Gasteiger partial charge in [0.05, 0.1) is 13.2 Å². The van der Waals surface area contributed by atoms with Gasteiger partial charge in [-0.05, 0) is 55.7 Å². The average Bonchev–Trinajstić information content (AvgIpc) is 3.27. The number of likely N-dealkylation sites (tertiary alicyclic amines) is 1. The van der Waals surface area contributed by atoms with Gasteiger partial charge in [-0.3, -0.25) is 4.90 Å². The first-order valence-electron chi connectivity index (χ1n) is 11.5. The van der Waals surface area contributed by atoms with E-state index in [-0.39, 0.29) is 18.1 Å². The Morgan fingerprint density at radius 3 is 2.94 bits per heavy atom. The summed E-state index contributed by atoms with van der Waals surface area (Å²) in [4.78, 5) is 19.4. The predicted octanol–water partition coefficient (Wildman–Crippen LogP) is 3.77. The van der Waals surface area contributed by atoms with Crippen LogP contribution in [0.15, 0.2) is 42.5 Å². The lowest BCUT2D eigenvalue weighted by Crippen LogP contribution is -2.34. The Morgan fingerprint density at radius 2 is 2.10 bits per heavy atom. The van der Waals surface area contributed by atoms with Crippen molar-refractivity contribution in [2.75, 3.05) is 38.7 Å². The van der Waals surface area contributed by atoms with Crippen LogP contribution in [0.3, 0.4) is 0 Å². The highest BCUT2D eigenvalue weighted by Crippen LogP contribution is 2.27. The van der Waals surface area contributed by atoms with Crippen molar-refractivity contribution < 1.29 is 14.3 Å². The normalized spacial score (nSPS) is 19.5. The second kappa shape index (κ2) is 10.7. The van der Waals surface area contributed by atoms with Crippen molar-refractivity contribution in [2.24, 2.45) is 0 Å². The van der Waals surface area contributed by atoms with E-state index < -0.39 is 0 Å². The minimum atomic E-state index is -0.358. The molecule has 1 saturated heterocycles. The lowest BCUT2D eigenvalue weighted by molar-refractivity contribution is -0.147. The average molecular weight is 424 g/mol. The molecule has 6 nitrogen and oxygen atoms in total. The number of anilines is 1. The number of pyridine rings is 1. The summed E-state index contributed by atoms with van der Waals surface area (Å²) in [5.74, 6) is 0.864. The van der Waals surface area contributed by atoms with Crippen LogP contribution >= 0.6 is 0 Å². The molecule has 3 heterocycles. The number of rotatable bonds is 9. The highest BCUT2D eigenvalue weighted by molar-refractivity contribution is 5.77. The van der Waals surface area contributed by atoms with Gasteiger partial charge >= 0.3 is 5.97 Å². The van der Waals surface area contributed by atoms with Crippen LogP contribution < -0.4 is 5.32 Å². The maximum Gasteiger partial charge on any atom is 0.327 e. The van der Waals surface area contributed by atoms with Crippen LogP contribution in [-0.2, 0) is 27.1 Å². The first kappa shape index (κ1) is 21.8. The minimum Gasteiger partial charge on any atom is -0.468 e. The second-order valence-electron chi connectivity index (χ2n) is 8.41. The van der Waals surface area contributed by atoms with Gasteiger partial charge in [0.25, 0.3) is 0 Å². The number of nitrogens with zero attached hydrogens (tertiary/aromatic N) is 2. The summed E-state index contributed by atoms with van der Waals surface area (Å²) in [6.07, 6.45) is 6.49. The molecule has 2 aromatic rings. The van der Waals surface area contributed by atoms with Gasteiger partial charge in [-0.2, -0.15) is 0 Å². The van der Waals surface area contributed by atoms with Gasteiger partial charge in [0, 0.05) is 31.9 Å². The van der Waals surface area contributed by atoms with Crippen LogP contribution in [0.4, 0.5) is 5.82 Å². The number of unbranched alkanes of at least 4 members (excludes halogenated alkanes) is 1. The molecule has 1 fully saturated rings. The van der Waals surface area contributed by atoms with E-state index in [0.29, 0.717) is 0 Å². The molecular formula is C25H33N3O3. The number of nitrogens with one attached hydrogen (secondary N) is 1. The predicted molar refractivity (Wildman–Crippen MR) is 121 cm³/mol. The lowest BCUT2D eigenvalue weighted by Gasteiger charge is -2.25. The monoisotopic (exact) mass is 423 g/mol. The molecule has 1 N–H and O–H groups in total. The van der Waals surface area contributed by atoms with Crippen molar-refractivity contribution in [1.82, 2.24) is 9.88 Å². The van der Waals surface area contributed by atoms with Crippen molar-refractivity contribution in [1.29, 1.82) is 0 Å². The number of aryl methyl sites for hydroxylation is 2. The number of methoxy groups -OCH3 is 1. The number of carbonyl (C=O) groups excluding carboxylic acids is 1. The van der Waals surface area contributed by atoms with E-state index in [2.05, 4.69) is 22.3 Å². The summed E-state index contributed by atoms with van der Waals surface area (Å²) in [6.45, 7) is 3.37. The molecule has 4 rings (SSSR count). The topological polar surface area (TPSA) is 63.7 Å². The quantitative estimate of drug-likeness (QED) is 0.489. The number of esters is 1. The fraction of sp³-hybridized carbons (Fsp3) is 0.520. The van der Waals surface area contributed by atoms with Crippen molar-refractivity contribution in [3.8, 4) is 0 Å². The van der Waals surface area contributed by atoms with Gasteiger partial charge in [0.15, 0.2) is 0 Å². The van der Waals surface area contributed by atoms with E-state index in [1.54, 1.807) is 0 Å². The molecule has 1 unspecified atom stereocenters. The van der Waals surface area contributed by atoms with E-state index >= 15 is 0 Å². The highest BCUT2D eigenvalue weighted by atomic mass is 16.5. The lowest BCUT2D eigenvalue weighted by atomic mass is 10.1. The molecule has 2 atom stereocenters. The Morgan fingerprint density at radius 1 is 1.23 bits per heavy atom. The van der Waals surface area contributed by atoms with Gasteiger partial charge in [-0.25, -0.2) is 9.78 Å². The van der Waals surface area contributed by atoms with Crippen LogP contribution in [0, 0.1) is 0 Å². The number of carbonyl (C=O) groups is 1. The second-order valence-corrected chi connectivity index (χ2v) is 8.41. The van der Waals surface area contributed by atoms with Gasteiger partial charge < -0.3 is 14.8 Å². The third-order valence-electron chi connectivity index (χ3n) is 6.21. The fourth-order valence-electron chi connectivity index (χ4n) is 4.53. The maximum absolute atomic E-state index is 12.4. The Bertz CT molecular complexity index is 858. The third-order valence-corrected chi connectivity index (χ3v) is 6.21. The zero-order valence-electron chi connectivity index (χ0n) is 18.4. The number of benzene rings is 1. The largest absolute Gasteiger partial charge is 0.468 e. The maximum atomic E-state index is 12.4. The molecule has 0 saturated carbocycles. The van der Waals surface area contributed by atoms with Crippen LogP contribution in [0.5, 0.6) is 0 Å². The number of aromatic nitrogens is 1. The summed E-state index contributed by atoms with van der Waals surface area (Å²) in [6, 6.07) is 13.9. The molecule has 31 heavy (non-hydrogen) atoms. The van der Waals surface area contributed by atoms with Gasteiger partial charge in [0.1, 0.15) is 11.9 Å². The fourth-order valence-corrected chi connectivity index (χ4v) is 4.53. The molecule has 0 radical (unpaired) electrons. The summed E-state index contributed by atoms with van der Waals surface area (Å²) < 4.78 is 11.2. The molecular weight excluding hydrogens is 390 g/mol. The minimum absolute atomic E-state index is 0.168. The Labute approximate surface area is 185 Å².